The number of alkyl halides is 3. The maximum atomic E-state index is 12.3. The van der Waals surface area contributed by atoms with Crippen molar-refractivity contribution in [2.24, 2.45) is 0 Å². The Balaban J connectivity index is 2.15. The van der Waals surface area contributed by atoms with Crippen LogP contribution < -0.4 is 14.8 Å². The van der Waals surface area contributed by atoms with Crippen LogP contribution in [0.5, 0.6) is 5.75 Å². The van der Waals surface area contributed by atoms with E-state index in [1.165, 1.54) is 19.2 Å². The largest absolute Gasteiger partial charge is 0.534 e. The highest BCUT2D eigenvalue weighted by atomic mass is 32.2. The van der Waals surface area contributed by atoms with E-state index in [0.717, 1.165) is 6.07 Å². The van der Waals surface area contributed by atoms with Crippen molar-refractivity contribution in [3.8, 4) is 5.75 Å². The van der Waals surface area contributed by atoms with Gasteiger partial charge < -0.3 is 19.4 Å². The van der Waals surface area contributed by atoms with Gasteiger partial charge in [0.05, 0.1) is 0 Å². The first kappa shape index (κ1) is 17.9. The van der Waals surface area contributed by atoms with Crippen molar-refractivity contribution in [1.29, 1.82) is 0 Å². The smallest absolute Gasteiger partial charge is 0.376 e. The molecule has 0 aliphatic heterocycles. The first-order chi connectivity index (χ1) is 11.1. The fourth-order valence-electron chi connectivity index (χ4n) is 1.98. The van der Waals surface area contributed by atoms with Crippen molar-refractivity contribution in [3.05, 3.63) is 30.5 Å². The van der Waals surface area contributed by atoms with E-state index in [1.54, 1.807) is 16.8 Å². The zero-order valence-corrected chi connectivity index (χ0v) is 13.2. The summed E-state index contributed by atoms with van der Waals surface area (Å²) >= 11 is 0. The summed E-state index contributed by atoms with van der Waals surface area (Å²) in [4.78, 5) is 11.1. The van der Waals surface area contributed by atoms with E-state index < -0.39 is 21.4 Å². The molecule has 0 aliphatic carbocycles. The van der Waals surface area contributed by atoms with Crippen LogP contribution in [0.1, 0.15) is 0 Å². The summed E-state index contributed by atoms with van der Waals surface area (Å²) in [7, 11) is -4.22. The van der Waals surface area contributed by atoms with E-state index in [0.29, 0.717) is 24.0 Å². The monoisotopic (exact) mass is 365 g/mol. The number of rotatable bonds is 5. The topological polar surface area (TPSA) is 89.4 Å². The third-order valence-corrected chi connectivity index (χ3v) is 4.08. The van der Waals surface area contributed by atoms with Crippen LogP contribution in [-0.2, 0) is 16.7 Å². The predicted molar refractivity (Wildman–Crippen MR) is 80.0 cm³/mol. The van der Waals surface area contributed by atoms with E-state index in [2.05, 4.69) is 14.8 Å². The Labute approximate surface area is 135 Å². The van der Waals surface area contributed by atoms with Gasteiger partial charge in [0, 0.05) is 37.2 Å². The Hall–Kier alpha value is -2.43. The number of nitrogens with one attached hydrogen (secondary N) is 2. The van der Waals surface area contributed by atoms with Gasteiger partial charge >= 0.3 is 21.7 Å². The van der Waals surface area contributed by atoms with E-state index >= 15 is 0 Å². The molecule has 11 heteroatoms. The Morgan fingerprint density at radius 3 is 2.62 bits per heavy atom. The fourth-order valence-corrected chi connectivity index (χ4v) is 2.43. The molecule has 1 heterocycles. The van der Waals surface area contributed by atoms with Crippen LogP contribution in [0.15, 0.2) is 30.5 Å². The van der Waals surface area contributed by atoms with Gasteiger partial charge in [-0.2, -0.15) is 21.6 Å². The summed E-state index contributed by atoms with van der Waals surface area (Å²) in [6.07, 6.45) is 1.66. The molecule has 2 amide bonds. The first-order valence-corrected chi connectivity index (χ1v) is 8.10. The van der Waals surface area contributed by atoms with E-state index in [4.69, 9.17) is 0 Å². The number of halogens is 3. The zero-order chi connectivity index (χ0) is 18.0. The number of carbonyl (C=O) groups excluding carboxylic acids is 1. The predicted octanol–water partition coefficient (Wildman–Crippen LogP) is 1.80. The maximum Gasteiger partial charge on any atom is 0.534 e. The minimum atomic E-state index is -5.70. The molecule has 2 N–H and O–H groups in total. The molecule has 2 aromatic rings. The van der Waals surface area contributed by atoms with Crippen molar-refractivity contribution in [3.63, 3.8) is 0 Å². The molecular weight excluding hydrogens is 351 g/mol. The molecule has 132 valence electrons. The molecule has 0 saturated carbocycles. The summed E-state index contributed by atoms with van der Waals surface area (Å²) in [5, 5.41) is 5.50. The lowest BCUT2D eigenvalue weighted by molar-refractivity contribution is -0.0500. The summed E-state index contributed by atoms with van der Waals surface area (Å²) < 4.78 is 64.8. The van der Waals surface area contributed by atoms with Gasteiger partial charge in [0.1, 0.15) is 5.75 Å². The highest BCUT2D eigenvalue weighted by Gasteiger charge is 2.48. The molecule has 0 radical (unpaired) electrons. The number of carbonyl (C=O) groups is 1. The summed E-state index contributed by atoms with van der Waals surface area (Å²) in [6.45, 7) is 0.766. The molecule has 0 spiro atoms. The second kappa shape index (κ2) is 6.59. The zero-order valence-electron chi connectivity index (χ0n) is 12.4. The number of urea groups is 1. The van der Waals surface area contributed by atoms with Crippen LogP contribution in [0.2, 0.25) is 0 Å². The average Bonchev–Trinajstić information content (AvgIpc) is 2.88. The molecule has 1 aromatic carbocycles. The lowest BCUT2D eigenvalue weighted by Crippen LogP contribution is -2.34. The molecular formula is C13H14F3N3O4S. The van der Waals surface area contributed by atoms with E-state index in [-0.39, 0.29) is 6.03 Å². The second-order valence-electron chi connectivity index (χ2n) is 4.72. The van der Waals surface area contributed by atoms with Crippen LogP contribution in [0, 0.1) is 0 Å². The van der Waals surface area contributed by atoms with Crippen molar-refractivity contribution in [1.82, 2.24) is 15.2 Å². The number of aromatic nitrogens is 1. The van der Waals surface area contributed by atoms with E-state index in [1.807, 2.05) is 0 Å². The fraction of sp³-hybridized carbons (Fsp3) is 0.308. The average molecular weight is 365 g/mol. The van der Waals surface area contributed by atoms with Gasteiger partial charge in [-0.25, -0.2) is 4.79 Å². The standard InChI is InChI=1S/C13H14F3N3O4S/c1-17-12(20)18-5-7-19-6-4-9-8-10(2-3-11(9)19)23-24(21,22)13(14,15)16/h2-4,6,8H,5,7H2,1H3,(H2,17,18,20). The number of fused-ring (bicyclic) bond motifs is 1. The number of hydrogen-bond donors (Lipinski definition) is 2. The van der Waals surface area contributed by atoms with Crippen molar-refractivity contribution in [2.45, 2.75) is 12.1 Å². The van der Waals surface area contributed by atoms with Gasteiger partial charge in [0.2, 0.25) is 0 Å². The van der Waals surface area contributed by atoms with Gasteiger partial charge in [-0.05, 0) is 24.3 Å². The lowest BCUT2D eigenvalue weighted by atomic mass is 10.2. The molecule has 1 aromatic heterocycles. The van der Waals surface area contributed by atoms with Crippen molar-refractivity contribution >= 4 is 27.1 Å². The molecule has 0 aliphatic rings. The van der Waals surface area contributed by atoms with Crippen LogP contribution >= 0.6 is 0 Å². The van der Waals surface area contributed by atoms with Gasteiger partial charge in [0.25, 0.3) is 0 Å². The van der Waals surface area contributed by atoms with Gasteiger partial charge in [-0.1, -0.05) is 0 Å². The third-order valence-electron chi connectivity index (χ3n) is 3.10. The Kier molecular flexibility index (Phi) is 4.92. The molecule has 24 heavy (non-hydrogen) atoms. The van der Waals surface area contributed by atoms with Gasteiger partial charge in [-0.15, -0.1) is 0 Å². The maximum absolute atomic E-state index is 12.3. The summed E-state index contributed by atoms with van der Waals surface area (Å²) in [6, 6.07) is 5.04. The van der Waals surface area contributed by atoms with Crippen LogP contribution in [0.4, 0.5) is 18.0 Å². The minimum Gasteiger partial charge on any atom is -0.376 e. The Morgan fingerprint density at radius 2 is 2.00 bits per heavy atom. The number of hydrogen-bond acceptors (Lipinski definition) is 4. The molecule has 0 saturated heterocycles. The molecule has 2 rings (SSSR count). The molecule has 0 bridgehead atoms. The Morgan fingerprint density at radius 1 is 1.29 bits per heavy atom. The number of amides is 2. The van der Waals surface area contributed by atoms with E-state index in [9.17, 15) is 26.4 Å². The molecule has 0 unspecified atom stereocenters. The molecule has 7 nitrogen and oxygen atoms in total. The third kappa shape index (κ3) is 3.91. The van der Waals surface area contributed by atoms with Crippen molar-refractivity contribution < 1.29 is 30.6 Å². The van der Waals surface area contributed by atoms with Crippen molar-refractivity contribution in [2.75, 3.05) is 13.6 Å². The normalized spacial score (nSPS) is 12.2. The summed E-state index contributed by atoms with van der Waals surface area (Å²) in [5.74, 6) is -0.430. The quantitative estimate of drug-likeness (QED) is 0.625. The molecule has 0 fully saturated rings. The second-order valence-corrected chi connectivity index (χ2v) is 6.26. The Bertz CT molecular complexity index is 846. The SMILES string of the molecule is CNC(=O)NCCn1ccc2cc(OS(=O)(=O)C(F)(F)F)ccc21. The van der Waals surface area contributed by atoms with Crippen LogP contribution in [0.3, 0.4) is 0 Å². The van der Waals surface area contributed by atoms with Crippen LogP contribution in [-0.4, -0.2) is 38.1 Å². The minimum absolute atomic E-state index is 0.334. The highest BCUT2D eigenvalue weighted by molar-refractivity contribution is 7.88. The summed E-state index contributed by atoms with van der Waals surface area (Å²) in [5.41, 5.74) is -4.83. The van der Waals surface area contributed by atoms with Gasteiger partial charge in [0.15, 0.2) is 0 Å². The lowest BCUT2D eigenvalue weighted by Gasteiger charge is -2.10. The first-order valence-electron chi connectivity index (χ1n) is 6.69. The number of nitrogens with zero attached hydrogens (tertiary/aromatic N) is 1. The van der Waals surface area contributed by atoms with Gasteiger partial charge in [-0.3, -0.25) is 0 Å². The molecule has 0 atom stereocenters. The van der Waals surface area contributed by atoms with Crippen LogP contribution in [0.25, 0.3) is 10.9 Å². The highest BCUT2D eigenvalue weighted by Crippen LogP contribution is 2.29. The number of benzene rings is 1.